The van der Waals surface area contributed by atoms with E-state index in [1.807, 2.05) is 26.8 Å². The Balaban J connectivity index is 1.86. The number of nitrogens with two attached hydrogens (primary N) is 1. The maximum absolute atomic E-state index is 14.6. The third-order valence-corrected chi connectivity index (χ3v) is 7.46. The van der Waals surface area contributed by atoms with Crippen LogP contribution in [-0.4, -0.2) is 11.4 Å². The number of rotatable bonds is 0. The van der Waals surface area contributed by atoms with E-state index >= 15 is 0 Å². The summed E-state index contributed by atoms with van der Waals surface area (Å²) in [6.45, 7) is 8.11. The lowest BCUT2D eigenvalue weighted by Gasteiger charge is -2.44. The fourth-order valence-corrected chi connectivity index (χ4v) is 6.27. The van der Waals surface area contributed by atoms with Gasteiger partial charge in [-0.25, -0.2) is 4.79 Å². The Morgan fingerprint density at radius 1 is 1.21 bits per heavy atom. The van der Waals surface area contributed by atoms with Crippen molar-refractivity contribution in [3.63, 3.8) is 0 Å². The summed E-state index contributed by atoms with van der Waals surface area (Å²) in [5.74, 6) is -0.211. The standard InChI is InChI=1S/C27H23N3O4/c1-13-9-16-14(2)11-26(3,4)30-21(16)17(10-13)27(25(30)32)18(12-28)23(29)34-22-15-7-5-6-8-19(15)33-24(31)20(22)27/h5-10,14H,11,29H2,1-4H3/t14-,27+/m1/s1. The van der Waals surface area contributed by atoms with Gasteiger partial charge in [-0.05, 0) is 50.8 Å². The highest BCUT2D eigenvalue weighted by molar-refractivity contribution is 6.16. The molecule has 6 rings (SSSR count). The molecule has 1 spiro atoms. The van der Waals surface area contributed by atoms with Crippen molar-refractivity contribution in [2.45, 2.75) is 51.0 Å². The van der Waals surface area contributed by atoms with Crippen LogP contribution in [0, 0.1) is 18.3 Å². The lowest BCUT2D eigenvalue weighted by Crippen LogP contribution is -2.55. The van der Waals surface area contributed by atoms with Crippen LogP contribution in [0.1, 0.15) is 55.4 Å². The van der Waals surface area contributed by atoms with Crippen LogP contribution in [0.3, 0.4) is 0 Å². The van der Waals surface area contributed by atoms with Crippen molar-refractivity contribution in [3.8, 4) is 11.8 Å². The Morgan fingerprint density at radius 3 is 2.68 bits per heavy atom. The van der Waals surface area contributed by atoms with Gasteiger partial charge < -0.3 is 19.8 Å². The Morgan fingerprint density at radius 2 is 1.94 bits per heavy atom. The molecule has 2 aromatic carbocycles. The van der Waals surface area contributed by atoms with Crippen LogP contribution < -0.4 is 21.0 Å². The second-order valence-corrected chi connectivity index (χ2v) is 10.1. The second kappa shape index (κ2) is 6.29. The summed E-state index contributed by atoms with van der Waals surface area (Å²) in [5, 5.41) is 10.8. The van der Waals surface area contributed by atoms with Crippen molar-refractivity contribution >= 4 is 22.6 Å². The molecule has 7 heteroatoms. The smallest absolute Gasteiger partial charge is 0.345 e. The monoisotopic (exact) mass is 453 g/mol. The van der Waals surface area contributed by atoms with Gasteiger partial charge in [-0.2, -0.15) is 5.26 Å². The van der Waals surface area contributed by atoms with E-state index in [0.717, 1.165) is 23.2 Å². The van der Waals surface area contributed by atoms with Crippen molar-refractivity contribution in [2.75, 3.05) is 4.90 Å². The molecule has 0 unspecified atom stereocenters. The minimum Gasteiger partial charge on any atom is -0.439 e. The number of aryl methyl sites for hydroxylation is 1. The summed E-state index contributed by atoms with van der Waals surface area (Å²) in [6.07, 6.45) is 0.738. The topological polar surface area (TPSA) is 110 Å². The number of nitriles is 1. The predicted octanol–water partition coefficient (Wildman–Crippen LogP) is 4.11. The Kier molecular flexibility index (Phi) is 3.80. The van der Waals surface area contributed by atoms with Crippen LogP contribution in [0.2, 0.25) is 0 Å². The quantitative estimate of drug-likeness (QED) is 0.513. The first kappa shape index (κ1) is 20.5. The SMILES string of the molecule is Cc1cc2c3c(c1)[C@]1(C(=O)N3C(C)(C)C[C@H]2C)C(C#N)=C(N)Oc2c1c(=O)oc1ccccc21. The molecule has 7 nitrogen and oxygen atoms in total. The van der Waals surface area contributed by atoms with Crippen molar-refractivity contribution in [1.29, 1.82) is 5.26 Å². The van der Waals surface area contributed by atoms with E-state index in [4.69, 9.17) is 14.9 Å². The summed E-state index contributed by atoms with van der Waals surface area (Å²) in [5.41, 5.74) is 6.85. The molecule has 0 bridgehead atoms. The minimum absolute atomic E-state index is 0.00704. The summed E-state index contributed by atoms with van der Waals surface area (Å²) in [4.78, 5) is 29.9. The van der Waals surface area contributed by atoms with E-state index in [1.165, 1.54) is 0 Å². The van der Waals surface area contributed by atoms with Gasteiger partial charge in [0.25, 0.3) is 0 Å². The van der Waals surface area contributed by atoms with Crippen LogP contribution in [0.5, 0.6) is 5.75 Å². The number of carbonyl (C=O) groups excluding carboxylic acids is 1. The average Bonchev–Trinajstić information content (AvgIpc) is 3.02. The Bertz CT molecular complexity index is 1590. The van der Waals surface area contributed by atoms with Gasteiger partial charge in [0.05, 0.1) is 11.1 Å². The van der Waals surface area contributed by atoms with Crippen LogP contribution in [0.25, 0.3) is 11.0 Å². The summed E-state index contributed by atoms with van der Waals surface area (Å²) in [6, 6.07) is 13.0. The fourth-order valence-electron chi connectivity index (χ4n) is 6.27. The maximum atomic E-state index is 14.6. The largest absolute Gasteiger partial charge is 0.439 e. The fraction of sp³-hybridized carbons (Fsp3) is 0.296. The molecule has 1 aromatic heterocycles. The highest BCUT2D eigenvalue weighted by atomic mass is 16.5. The van der Waals surface area contributed by atoms with Gasteiger partial charge in [0.1, 0.15) is 22.8 Å². The van der Waals surface area contributed by atoms with Crippen molar-refractivity contribution < 1.29 is 13.9 Å². The summed E-state index contributed by atoms with van der Waals surface area (Å²) in [7, 11) is 0. The molecule has 170 valence electrons. The lowest BCUT2D eigenvalue weighted by molar-refractivity contribution is -0.122. The molecule has 0 saturated carbocycles. The number of fused-ring (bicyclic) bond motifs is 5. The Labute approximate surface area is 196 Å². The van der Waals surface area contributed by atoms with Gasteiger partial charge in [-0.15, -0.1) is 0 Å². The molecule has 34 heavy (non-hydrogen) atoms. The third-order valence-electron chi connectivity index (χ3n) is 7.46. The van der Waals surface area contributed by atoms with E-state index in [2.05, 4.69) is 19.1 Å². The maximum Gasteiger partial charge on any atom is 0.345 e. The molecule has 3 aliphatic heterocycles. The molecule has 0 fully saturated rings. The number of hydrogen-bond donors (Lipinski definition) is 1. The number of carbonyl (C=O) groups is 1. The molecule has 4 heterocycles. The summed E-state index contributed by atoms with van der Waals surface area (Å²) < 4.78 is 11.6. The van der Waals surface area contributed by atoms with Crippen molar-refractivity contribution in [2.24, 2.45) is 5.73 Å². The lowest BCUT2D eigenvalue weighted by atomic mass is 9.68. The number of ether oxygens (including phenoxy) is 1. The normalized spacial score (nSPS) is 24.1. The minimum atomic E-state index is -1.74. The Hall–Kier alpha value is -4.05. The van der Waals surface area contributed by atoms with E-state index in [0.29, 0.717) is 16.5 Å². The van der Waals surface area contributed by atoms with E-state index in [-0.39, 0.29) is 34.6 Å². The zero-order valence-corrected chi connectivity index (χ0v) is 19.4. The predicted molar refractivity (Wildman–Crippen MR) is 126 cm³/mol. The molecule has 2 atom stereocenters. The highest BCUT2D eigenvalue weighted by Crippen LogP contribution is 2.60. The van der Waals surface area contributed by atoms with E-state index < -0.39 is 16.6 Å². The van der Waals surface area contributed by atoms with Crippen LogP contribution in [0.15, 0.2) is 57.1 Å². The average molecular weight is 453 g/mol. The molecular weight excluding hydrogens is 430 g/mol. The molecule has 3 aliphatic rings. The first-order valence-electron chi connectivity index (χ1n) is 11.3. The molecular formula is C27H23N3O4. The number of nitrogens with zero attached hydrogens (tertiary/aromatic N) is 2. The zero-order valence-electron chi connectivity index (χ0n) is 19.4. The van der Waals surface area contributed by atoms with E-state index in [9.17, 15) is 14.9 Å². The molecule has 0 aliphatic carbocycles. The zero-order chi connectivity index (χ0) is 24.2. The number of benzene rings is 2. The number of para-hydroxylation sites is 1. The number of amides is 1. The number of hydrogen-bond acceptors (Lipinski definition) is 6. The van der Waals surface area contributed by atoms with Gasteiger partial charge in [0, 0.05) is 11.1 Å². The van der Waals surface area contributed by atoms with Gasteiger partial charge in [0.15, 0.2) is 11.2 Å². The van der Waals surface area contributed by atoms with Gasteiger partial charge in [-0.1, -0.05) is 36.8 Å². The molecule has 0 saturated heterocycles. The van der Waals surface area contributed by atoms with Crippen LogP contribution in [-0.2, 0) is 10.2 Å². The van der Waals surface area contributed by atoms with Crippen molar-refractivity contribution in [3.05, 3.63) is 80.5 Å². The van der Waals surface area contributed by atoms with Crippen LogP contribution >= 0.6 is 0 Å². The highest BCUT2D eigenvalue weighted by Gasteiger charge is 2.64. The summed E-state index contributed by atoms with van der Waals surface area (Å²) >= 11 is 0. The van der Waals surface area contributed by atoms with Crippen LogP contribution in [0.4, 0.5) is 5.69 Å². The molecule has 3 aromatic rings. The van der Waals surface area contributed by atoms with E-state index in [1.54, 1.807) is 29.2 Å². The molecule has 0 radical (unpaired) electrons. The first-order valence-corrected chi connectivity index (χ1v) is 11.3. The van der Waals surface area contributed by atoms with Gasteiger partial charge in [0.2, 0.25) is 11.8 Å². The van der Waals surface area contributed by atoms with Crippen molar-refractivity contribution in [1.82, 2.24) is 0 Å². The molecule has 2 N–H and O–H groups in total. The van der Waals surface area contributed by atoms with Gasteiger partial charge in [-0.3, -0.25) is 4.79 Å². The molecule has 1 amide bonds. The van der Waals surface area contributed by atoms with Gasteiger partial charge >= 0.3 is 5.63 Å². The third kappa shape index (κ3) is 2.21. The first-order chi connectivity index (χ1) is 16.1. The second-order valence-electron chi connectivity index (χ2n) is 10.1. The number of anilines is 1.